The second kappa shape index (κ2) is 6.91. The van der Waals surface area contributed by atoms with E-state index in [1.54, 1.807) is 12.1 Å². The molecule has 21 heavy (non-hydrogen) atoms. The zero-order valence-electron chi connectivity index (χ0n) is 12.8. The van der Waals surface area contributed by atoms with Crippen LogP contribution in [0.1, 0.15) is 18.9 Å². The summed E-state index contributed by atoms with van der Waals surface area (Å²) in [6.07, 6.45) is 1.47. The third-order valence-corrected chi connectivity index (χ3v) is 4.28. The molecule has 0 bridgehead atoms. The Morgan fingerprint density at radius 1 is 1.33 bits per heavy atom. The molecule has 0 aromatic heterocycles. The van der Waals surface area contributed by atoms with E-state index in [4.69, 9.17) is 4.74 Å². The third-order valence-electron chi connectivity index (χ3n) is 4.28. The molecule has 0 saturated carbocycles. The van der Waals surface area contributed by atoms with Crippen molar-refractivity contribution < 1.29 is 14.6 Å². The largest absolute Gasteiger partial charge is 0.508 e. The molecule has 1 saturated heterocycles. The van der Waals surface area contributed by atoms with Gasteiger partial charge < -0.3 is 15.2 Å². The van der Waals surface area contributed by atoms with Crippen molar-refractivity contribution in [3.05, 3.63) is 29.8 Å². The molecule has 5 heteroatoms. The number of piperazine rings is 1. The molecular weight excluding hydrogens is 268 g/mol. The van der Waals surface area contributed by atoms with Gasteiger partial charge in [0.25, 0.3) is 0 Å². The summed E-state index contributed by atoms with van der Waals surface area (Å²) in [6.45, 7) is 5.45. The monoisotopic (exact) mass is 292 g/mol. The summed E-state index contributed by atoms with van der Waals surface area (Å²) in [5.41, 5.74) is 0.507. The molecule has 1 aliphatic rings. The van der Waals surface area contributed by atoms with E-state index in [9.17, 15) is 9.90 Å². The number of methoxy groups -OCH3 is 1. The van der Waals surface area contributed by atoms with Crippen LogP contribution in [0.2, 0.25) is 0 Å². The first-order chi connectivity index (χ1) is 10.1. The van der Waals surface area contributed by atoms with Crippen LogP contribution in [0.3, 0.4) is 0 Å². The van der Waals surface area contributed by atoms with Gasteiger partial charge in [0.05, 0.1) is 7.11 Å². The highest BCUT2D eigenvalue weighted by molar-refractivity contribution is 5.80. The average molecular weight is 292 g/mol. The number of phenolic OH excluding ortho intramolecular Hbond substituents is 1. The third kappa shape index (κ3) is 3.74. The Hall–Kier alpha value is -1.59. The first kappa shape index (κ1) is 15.8. The lowest BCUT2D eigenvalue weighted by Gasteiger charge is -2.41. The lowest BCUT2D eigenvalue weighted by atomic mass is 9.90. The van der Waals surface area contributed by atoms with Crippen LogP contribution in [0, 0.1) is 0 Å². The standard InChI is InChI=1S/C16H24N2O3/c1-16(15(20)21-2,18-11-9-17-10-12-18)8-7-13-3-5-14(19)6-4-13/h3-6,17,19H,7-12H2,1-2H3. The fourth-order valence-electron chi connectivity index (χ4n) is 2.82. The lowest BCUT2D eigenvalue weighted by molar-refractivity contribution is -0.155. The molecule has 1 fully saturated rings. The number of carbonyl (C=O) groups excluding carboxylic acids is 1. The summed E-state index contributed by atoms with van der Waals surface area (Å²) in [4.78, 5) is 14.5. The summed E-state index contributed by atoms with van der Waals surface area (Å²) < 4.78 is 5.04. The van der Waals surface area contributed by atoms with E-state index >= 15 is 0 Å². The van der Waals surface area contributed by atoms with Crippen LogP contribution in [-0.2, 0) is 16.0 Å². The van der Waals surface area contributed by atoms with Gasteiger partial charge in [-0.1, -0.05) is 12.1 Å². The van der Waals surface area contributed by atoms with Gasteiger partial charge >= 0.3 is 5.97 Å². The number of benzene rings is 1. The zero-order valence-corrected chi connectivity index (χ0v) is 12.8. The fourth-order valence-corrected chi connectivity index (χ4v) is 2.82. The molecule has 1 heterocycles. The lowest BCUT2D eigenvalue weighted by Crippen LogP contribution is -2.59. The number of phenols is 1. The number of aromatic hydroxyl groups is 1. The molecule has 1 atom stereocenters. The van der Waals surface area contributed by atoms with Gasteiger partial charge in [-0.15, -0.1) is 0 Å². The van der Waals surface area contributed by atoms with Crippen LogP contribution in [0.15, 0.2) is 24.3 Å². The number of hydrogen-bond acceptors (Lipinski definition) is 5. The first-order valence-corrected chi connectivity index (χ1v) is 7.38. The van der Waals surface area contributed by atoms with Crippen molar-refractivity contribution in [2.24, 2.45) is 0 Å². The summed E-state index contributed by atoms with van der Waals surface area (Å²) in [5, 5.41) is 12.6. The van der Waals surface area contributed by atoms with Crippen molar-refractivity contribution in [3.8, 4) is 5.75 Å². The fraction of sp³-hybridized carbons (Fsp3) is 0.562. The zero-order chi connectivity index (χ0) is 15.3. The van der Waals surface area contributed by atoms with Crippen molar-refractivity contribution in [3.63, 3.8) is 0 Å². The van der Waals surface area contributed by atoms with Gasteiger partial charge in [-0.2, -0.15) is 0 Å². The highest BCUT2D eigenvalue weighted by atomic mass is 16.5. The molecule has 1 aromatic carbocycles. The van der Waals surface area contributed by atoms with E-state index in [2.05, 4.69) is 10.2 Å². The summed E-state index contributed by atoms with van der Waals surface area (Å²) in [7, 11) is 1.45. The van der Waals surface area contributed by atoms with Gasteiger partial charge in [0, 0.05) is 26.2 Å². The molecule has 2 N–H and O–H groups in total. The molecular formula is C16H24N2O3. The Balaban J connectivity index is 2.08. The maximum absolute atomic E-state index is 12.3. The van der Waals surface area contributed by atoms with Crippen molar-refractivity contribution in [2.45, 2.75) is 25.3 Å². The van der Waals surface area contributed by atoms with Gasteiger partial charge in [0.2, 0.25) is 0 Å². The second-order valence-electron chi connectivity index (χ2n) is 5.67. The van der Waals surface area contributed by atoms with Gasteiger partial charge in [-0.05, 0) is 37.5 Å². The summed E-state index contributed by atoms with van der Waals surface area (Å²) in [6, 6.07) is 7.14. The van der Waals surface area contributed by atoms with Crippen LogP contribution < -0.4 is 5.32 Å². The molecule has 5 nitrogen and oxygen atoms in total. The second-order valence-corrected chi connectivity index (χ2v) is 5.67. The van der Waals surface area contributed by atoms with E-state index in [-0.39, 0.29) is 11.7 Å². The molecule has 1 unspecified atom stereocenters. The van der Waals surface area contributed by atoms with Gasteiger partial charge in [-0.25, -0.2) is 0 Å². The van der Waals surface area contributed by atoms with E-state index in [1.807, 2.05) is 19.1 Å². The number of rotatable bonds is 5. The van der Waals surface area contributed by atoms with E-state index < -0.39 is 5.54 Å². The number of nitrogens with zero attached hydrogens (tertiary/aromatic N) is 1. The maximum atomic E-state index is 12.3. The van der Waals surface area contributed by atoms with Gasteiger partial charge in [0.15, 0.2) is 0 Å². The summed E-state index contributed by atoms with van der Waals surface area (Å²) >= 11 is 0. The van der Waals surface area contributed by atoms with E-state index in [0.717, 1.165) is 38.2 Å². The Morgan fingerprint density at radius 3 is 2.52 bits per heavy atom. The normalized spacial score (nSPS) is 19.0. The highest BCUT2D eigenvalue weighted by Crippen LogP contribution is 2.24. The number of nitrogens with one attached hydrogen (secondary N) is 1. The smallest absolute Gasteiger partial charge is 0.326 e. The molecule has 0 aliphatic carbocycles. The minimum Gasteiger partial charge on any atom is -0.508 e. The van der Waals surface area contributed by atoms with Crippen molar-refractivity contribution in [2.75, 3.05) is 33.3 Å². The Morgan fingerprint density at radius 2 is 1.95 bits per heavy atom. The number of esters is 1. The van der Waals surface area contributed by atoms with Crippen LogP contribution in [0.4, 0.5) is 0 Å². The average Bonchev–Trinajstić information content (AvgIpc) is 2.54. The molecule has 0 radical (unpaired) electrons. The Kier molecular flexibility index (Phi) is 5.20. The van der Waals surface area contributed by atoms with Crippen LogP contribution >= 0.6 is 0 Å². The molecule has 1 aliphatic heterocycles. The minimum absolute atomic E-state index is 0.178. The van der Waals surface area contributed by atoms with Crippen molar-refractivity contribution in [1.29, 1.82) is 0 Å². The van der Waals surface area contributed by atoms with Gasteiger partial charge in [-0.3, -0.25) is 9.69 Å². The molecule has 2 rings (SSSR count). The quantitative estimate of drug-likeness (QED) is 0.798. The van der Waals surface area contributed by atoms with Gasteiger partial charge in [0.1, 0.15) is 11.3 Å². The summed E-state index contributed by atoms with van der Waals surface area (Å²) in [5.74, 6) is 0.0831. The SMILES string of the molecule is COC(=O)C(C)(CCc1ccc(O)cc1)N1CCNCC1. The molecule has 1 aromatic rings. The van der Waals surface area contributed by atoms with Crippen LogP contribution in [0.25, 0.3) is 0 Å². The number of ether oxygens (including phenoxy) is 1. The highest BCUT2D eigenvalue weighted by Gasteiger charge is 2.40. The van der Waals surface area contributed by atoms with Crippen molar-refractivity contribution >= 4 is 5.97 Å². The number of hydrogen-bond donors (Lipinski definition) is 2. The van der Waals surface area contributed by atoms with Crippen molar-refractivity contribution in [1.82, 2.24) is 10.2 Å². The Labute approximate surface area is 125 Å². The van der Waals surface area contributed by atoms with Crippen LogP contribution in [-0.4, -0.2) is 54.8 Å². The molecule has 0 amide bonds. The number of carbonyl (C=O) groups is 1. The van der Waals surface area contributed by atoms with E-state index in [0.29, 0.717) is 6.42 Å². The maximum Gasteiger partial charge on any atom is 0.326 e. The Bertz CT molecular complexity index is 469. The predicted octanol–water partition coefficient (Wildman–Crippen LogP) is 1.16. The topological polar surface area (TPSA) is 61.8 Å². The first-order valence-electron chi connectivity index (χ1n) is 7.38. The number of aryl methyl sites for hydroxylation is 1. The molecule has 116 valence electrons. The minimum atomic E-state index is -0.602. The van der Waals surface area contributed by atoms with Crippen LogP contribution in [0.5, 0.6) is 5.75 Å². The van der Waals surface area contributed by atoms with E-state index in [1.165, 1.54) is 7.11 Å². The molecule has 0 spiro atoms. The predicted molar refractivity (Wildman–Crippen MR) is 81.3 cm³/mol.